The Morgan fingerprint density at radius 1 is 1.36 bits per heavy atom. The van der Waals surface area contributed by atoms with Gasteiger partial charge in [-0.3, -0.25) is 0 Å². The molecular formula is C8H21N3O2S. The second-order valence-electron chi connectivity index (χ2n) is 4.03. The lowest BCUT2D eigenvalue weighted by Gasteiger charge is -2.17. The molecule has 0 aliphatic rings. The first-order chi connectivity index (χ1) is 6.25. The highest BCUT2D eigenvalue weighted by Crippen LogP contribution is 2.02. The molecule has 3 N–H and O–H groups in total. The Hall–Kier alpha value is -0.170. The van der Waals surface area contributed by atoms with Crippen LogP contribution in [-0.2, 0) is 10.2 Å². The van der Waals surface area contributed by atoms with E-state index >= 15 is 0 Å². The van der Waals surface area contributed by atoms with Crippen molar-refractivity contribution in [3.8, 4) is 0 Å². The zero-order valence-corrected chi connectivity index (χ0v) is 10.1. The van der Waals surface area contributed by atoms with E-state index in [4.69, 9.17) is 5.73 Å². The summed E-state index contributed by atoms with van der Waals surface area (Å²) in [6.45, 7) is 4.40. The molecule has 0 aliphatic heterocycles. The molecule has 5 nitrogen and oxygen atoms in total. The molecular weight excluding hydrogens is 202 g/mol. The van der Waals surface area contributed by atoms with Crippen LogP contribution in [0, 0.1) is 5.92 Å². The van der Waals surface area contributed by atoms with Gasteiger partial charge in [0, 0.05) is 26.7 Å². The fourth-order valence-corrected chi connectivity index (χ4v) is 1.71. The molecule has 1 atom stereocenters. The van der Waals surface area contributed by atoms with E-state index in [9.17, 15) is 8.42 Å². The lowest BCUT2D eigenvalue weighted by atomic mass is 10.1. The average Bonchev–Trinajstić information content (AvgIpc) is 1.99. The zero-order valence-electron chi connectivity index (χ0n) is 9.32. The highest BCUT2D eigenvalue weighted by atomic mass is 32.2. The van der Waals surface area contributed by atoms with E-state index < -0.39 is 10.2 Å². The van der Waals surface area contributed by atoms with Crippen molar-refractivity contribution in [2.24, 2.45) is 11.7 Å². The van der Waals surface area contributed by atoms with Crippen molar-refractivity contribution >= 4 is 10.2 Å². The van der Waals surface area contributed by atoms with Crippen LogP contribution >= 0.6 is 0 Å². The van der Waals surface area contributed by atoms with Gasteiger partial charge in [-0.1, -0.05) is 13.8 Å². The molecule has 0 aromatic heterocycles. The molecule has 0 saturated heterocycles. The first-order valence-electron chi connectivity index (χ1n) is 4.68. The highest BCUT2D eigenvalue weighted by molar-refractivity contribution is 7.87. The molecule has 0 heterocycles. The van der Waals surface area contributed by atoms with Gasteiger partial charge in [0.1, 0.15) is 0 Å². The summed E-state index contributed by atoms with van der Waals surface area (Å²) in [7, 11) is -0.361. The number of hydrogen-bond acceptors (Lipinski definition) is 3. The Balaban J connectivity index is 3.95. The molecule has 0 bridgehead atoms. The summed E-state index contributed by atoms with van der Waals surface area (Å²) in [6, 6.07) is -0.121. The lowest BCUT2D eigenvalue weighted by molar-refractivity contribution is 0.468. The Morgan fingerprint density at radius 2 is 1.86 bits per heavy atom. The van der Waals surface area contributed by atoms with Gasteiger partial charge >= 0.3 is 0 Å². The van der Waals surface area contributed by atoms with Gasteiger partial charge in [-0.15, -0.1) is 0 Å². The van der Waals surface area contributed by atoms with Crippen LogP contribution in [0.4, 0.5) is 0 Å². The Bertz CT molecular complexity index is 249. The molecule has 86 valence electrons. The van der Waals surface area contributed by atoms with Crippen LogP contribution in [0.5, 0.6) is 0 Å². The number of nitrogens with one attached hydrogen (secondary N) is 1. The molecule has 0 spiro atoms. The van der Waals surface area contributed by atoms with Crippen molar-refractivity contribution in [1.82, 2.24) is 9.03 Å². The fourth-order valence-electron chi connectivity index (χ4n) is 1.03. The van der Waals surface area contributed by atoms with Gasteiger partial charge in [-0.25, -0.2) is 4.72 Å². The molecule has 6 heteroatoms. The minimum absolute atomic E-state index is 0.121. The minimum Gasteiger partial charge on any atom is -0.327 e. The third kappa shape index (κ3) is 5.54. The molecule has 0 fully saturated rings. The van der Waals surface area contributed by atoms with Crippen LogP contribution in [0.1, 0.15) is 20.3 Å². The van der Waals surface area contributed by atoms with E-state index in [1.807, 2.05) is 0 Å². The standard InChI is InChI=1S/C8H21N3O2S/c1-7(2)5-8(9)6-10-14(12,13)11(3)4/h7-8,10H,5-6,9H2,1-4H3. The van der Waals surface area contributed by atoms with Gasteiger partial charge in [0.15, 0.2) is 0 Å². The largest absolute Gasteiger partial charge is 0.327 e. The first-order valence-corrected chi connectivity index (χ1v) is 6.12. The average molecular weight is 223 g/mol. The first kappa shape index (κ1) is 13.8. The van der Waals surface area contributed by atoms with Crippen LogP contribution in [0.25, 0.3) is 0 Å². The van der Waals surface area contributed by atoms with E-state index in [2.05, 4.69) is 18.6 Å². The summed E-state index contributed by atoms with van der Waals surface area (Å²) in [4.78, 5) is 0. The SMILES string of the molecule is CC(C)CC(N)CNS(=O)(=O)N(C)C. The lowest BCUT2D eigenvalue weighted by Crippen LogP contribution is -2.42. The van der Waals surface area contributed by atoms with Crippen LogP contribution in [0.3, 0.4) is 0 Å². The third-order valence-electron chi connectivity index (χ3n) is 1.78. The second-order valence-corrected chi connectivity index (χ2v) is 5.99. The smallest absolute Gasteiger partial charge is 0.278 e. The maximum Gasteiger partial charge on any atom is 0.278 e. The zero-order chi connectivity index (χ0) is 11.4. The van der Waals surface area contributed by atoms with E-state index in [0.717, 1.165) is 10.7 Å². The van der Waals surface area contributed by atoms with E-state index in [1.54, 1.807) is 0 Å². The topological polar surface area (TPSA) is 75.4 Å². The van der Waals surface area contributed by atoms with Gasteiger partial charge in [0.05, 0.1) is 0 Å². The van der Waals surface area contributed by atoms with Crippen molar-refractivity contribution in [3.63, 3.8) is 0 Å². The van der Waals surface area contributed by atoms with Crippen LogP contribution in [0.2, 0.25) is 0 Å². The molecule has 0 rings (SSSR count). The summed E-state index contributed by atoms with van der Waals surface area (Å²) < 4.78 is 26.1. The minimum atomic E-state index is -3.33. The Labute approximate surface area is 86.8 Å². The summed E-state index contributed by atoms with van der Waals surface area (Å²) in [5, 5.41) is 0. The number of rotatable bonds is 6. The fraction of sp³-hybridized carbons (Fsp3) is 1.00. The summed E-state index contributed by atoms with van der Waals surface area (Å²) in [5.41, 5.74) is 5.74. The molecule has 14 heavy (non-hydrogen) atoms. The third-order valence-corrected chi connectivity index (χ3v) is 3.28. The van der Waals surface area contributed by atoms with Crippen molar-refractivity contribution in [3.05, 3.63) is 0 Å². The van der Waals surface area contributed by atoms with Gasteiger partial charge in [-0.2, -0.15) is 12.7 Å². The summed E-state index contributed by atoms with van der Waals surface area (Å²) in [5.74, 6) is 0.480. The van der Waals surface area contributed by atoms with Crippen LogP contribution in [0.15, 0.2) is 0 Å². The number of nitrogens with zero attached hydrogens (tertiary/aromatic N) is 1. The van der Waals surface area contributed by atoms with Crippen molar-refractivity contribution in [2.75, 3.05) is 20.6 Å². The molecule has 0 aliphatic carbocycles. The highest BCUT2D eigenvalue weighted by Gasteiger charge is 2.14. The van der Waals surface area contributed by atoms with E-state index in [-0.39, 0.29) is 6.04 Å². The van der Waals surface area contributed by atoms with Crippen molar-refractivity contribution < 1.29 is 8.42 Å². The molecule has 1 unspecified atom stereocenters. The van der Waals surface area contributed by atoms with Gasteiger partial charge in [0.2, 0.25) is 0 Å². The van der Waals surface area contributed by atoms with Crippen LogP contribution < -0.4 is 10.5 Å². The molecule has 0 amide bonds. The maximum atomic E-state index is 11.3. The normalized spacial score (nSPS) is 15.1. The second kappa shape index (κ2) is 5.65. The summed E-state index contributed by atoms with van der Waals surface area (Å²) >= 11 is 0. The number of hydrogen-bond donors (Lipinski definition) is 2. The van der Waals surface area contributed by atoms with Gasteiger partial charge < -0.3 is 5.73 Å². The predicted octanol–water partition coefficient (Wildman–Crippen LogP) is -0.244. The Morgan fingerprint density at radius 3 is 2.21 bits per heavy atom. The van der Waals surface area contributed by atoms with E-state index in [1.165, 1.54) is 14.1 Å². The van der Waals surface area contributed by atoms with Crippen molar-refractivity contribution in [1.29, 1.82) is 0 Å². The maximum absolute atomic E-state index is 11.3. The monoisotopic (exact) mass is 223 g/mol. The predicted molar refractivity (Wildman–Crippen MR) is 58.0 cm³/mol. The van der Waals surface area contributed by atoms with Gasteiger partial charge in [-0.05, 0) is 12.3 Å². The quantitative estimate of drug-likeness (QED) is 0.652. The molecule has 0 aromatic carbocycles. The molecule has 0 saturated carbocycles. The van der Waals surface area contributed by atoms with Crippen LogP contribution in [-0.4, -0.2) is 39.4 Å². The van der Waals surface area contributed by atoms with E-state index in [0.29, 0.717) is 12.5 Å². The summed E-state index contributed by atoms with van der Waals surface area (Å²) in [6.07, 6.45) is 0.815. The van der Waals surface area contributed by atoms with Crippen molar-refractivity contribution in [2.45, 2.75) is 26.3 Å². The number of nitrogens with two attached hydrogens (primary N) is 1. The molecule has 0 radical (unpaired) electrons. The Kier molecular flexibility index (Phi) is 5.58. The van der Waals surface area contributed by atoms with Gasteiger partial charge in [0.25, 0.3) is 10.2 Å². The molecule has 0 aromatic rings.